The molecule has 1 aromatic heterocycles. The fraction of sp³-hybridized carbons (Fsp3) is 0.282. The van der Waals surface area contributed by atoms with E-state index in [4.69, 9.17) is 23.4 Å². The summed E-state index contributed by atoms with van der Waals surface area (Å²) in [7, 11) is 0. The number of nitrogens with zero attached hydrogens (tertiary/aromatic N) is 2. The number of oxazole rings is 1. The van der Waals surface area contributed by atoms with Gasteiger partial charge in [0.25, 0.3) is 5.91 Å². The van der Waals surface area contributed by atoms with E-state index in [-0.39, 0.29) is 32.3 Å². The third-order valence-electron chi connectivity index (χ3n) is 9.15. The van der Waals surface area contributed by atoms with Crippen LogP contribution >= 0.6 is 0 Å². The zero-order valence-electron chi connectivity index (χ0n) is 27.2. The van der Waals surface area contributed by atoms with Gasteiger partial charge in [0.1, 0.15) is 11.4 Å². The third kappa shape index (κ3) is 6.72. The number of cyclic esters (lactones) is 1. The number of fused-ring (bicyclic) bond motifs is 3. The van der Waals surface area contributed by atoms with Gasteiger partial charge in [-0.25, -0.2) is 4.98 Å². The zero-order valence-corrected chi connectivity index (χ0v) is 27.2. The normalized spacial score (nSPS) is 18.1. The molecule has 0 spiro atoms. The standard InChI is InChI=1S/C39H36N2O8/c1-3-45-39(44)30-21-36(42)49-37(30)38(43)41(22-25-15-16-26-9-4-5-10-27(26)19-25)24(2)29(28-17-18-33-34(20-28)47-23-46-33)11-8-14-35-40-31-12-6-7-13-32(31)48-35/h4-10,12-20,24,29-30,37H,3,11,21-23H2,1-2H3/b14-8+/t24-,29+,30+,37+/m1/s1. The molecule has 0 bridgehead atoms. The number of rotatable bonds is 11. The Kier molecular flexibility index (Phi) is 9.02. The van der Waals surface area contributed by atoms with Crippen LogP contribution in [-0.4, -0.2) is 53.3 Å². The fourth-order valence-corrected chi connectivity index (χ4v) is 6.61. The van der Waals surface area contributed by atoms with E-state index < -0.39 is 35.9 Å². The minimum absolute atomic E-state index is 0.125. The Labute approximate surface area is 283 Å². The first-order valence-corrected chi connectivity index (χ1v) is 16.4. The Bertz CT molecular complexity index is 2020. The monoisotopic (exact) mass is 660 g/mol. The van der Waals surface area contributed by atoms with Gasteiger partial charge in [-0.05, 0) is 78.6 Å². The lowest BCUT2D eigenvalue weighted by molar-refractivity contribution is -0.161. The summed E-state index contributed by atoms with van der Waals surface area (Å²) >= 11 is 0. The Hall–Kier alpha value is -5.64. The van der Waals surface area contributed by atoms with Gasteiger partial charge < -0.3 is 28.3 Å². The first kappa shape index (κ1) is 31.9. The number of amides is 1. The summed E-state index contributed by atoms with van der Waals surface area (Å²) in [6, 6.07) is 27.0. The molecule has 0 N–H and O–H groups in total. The number of ether oxygens (including phenoxy) is 4. The molecule has 0 aliphatic carbocycles. The van der Waals surface area contributed by atoms with E-state index in [1.165, 1.54) is 0 Å². The van der Waals surface area contributed by atoms with Crippen molar-refractivity contribution in [2.75, 3.05) is 13.4 Å². The van der Waals surface area contributed by atoms with Crippen LogP contribution in [0.2, 0.25) is 0 Å². The van der Waals surface area contributed by atoms with Crippen molar-refractivity contribution in [3.05, 3.63) is 108 Å². The van der Waals surface area contributed by atoms with Crippen molar-refractivity contribution < 1.29 is 37.7 Å². The molecule has 0 radical (unpaired) electrons. The minimum atomic E-state index is -1.30. The van der Waals surface area contributed by atoms with Crippen LogP contribution in [0.15, 0.2) is 95.4 Å². The van der Waals surface area contributed by atoms with Gasteiger partial charge >= 0.3 is 11.9 Å². The molecule has 1 amide bonds. The molecule has 3 heterocycles. The summed E-state index contributed by atoms with van der Waals surface area (Å²) in [5.74, 6) is -1.25. The number of para-hydroxylation sites is 2. The van der Waals surface area contributed by atoms with Crippen LogP contribution in [0.1, 0.15) is 49.6 Å². The van der Waals surface area contributed by atoms with Crippen LogP contribution in [0.5, 0.6) is 11.5 Å². The van der Waals surface area contributed by atoms with Crippen molar-refractivity contribution in [2.24, 2.45) is 5.92 Å². The number of esters is 2. The van der Waals surface area contributed by atoms with Gasteiger partial charge in [-0.2, -0.15) is 0 Å². The maximum atomic E-state index is 14.6. The number of allylic oxidation sites excluding steroid dienone is 1. The van der Waals surface area contributed by atoms with E-state index in [9.17, 15) is 14.4 Å². The summed E-state index contributed by atoms with van der Waals surface area (Å²) in [6.45, 7) is 4.12. The van der Waals surface area contributed by atoms with Gasteiger partial charge in [-0.1, -0.05) is 60.7 Å². The van der Waals surface area contributed by atoms with Crippen LogP contribution in [-0.2, 0) is 30.4 Å². The number of hydrogen-bond acceptors (Lipinski definition) is 9. The van der Waals surface area contributed by atoms with Crippen LogP contribution in [0.25, 0.3) is 27.9 Å². The number of aromatic nitrogens is 1. The maximum absolute atomic E-state index is 14.6. The molecule has 2 aliphatic heterocycles. The van der Waals surface area contributed by atoms with E-state index in [0.29, 0.717) is 29.4 Å². The second-order valence-electron chi connectivity index (χ2n) is 12.2. The van der Waals surface area contributed by atoms with E-state index >= 15 is 0 Å². The van der Waals surface area contributed by atoms with Gasteiger partial charge in [0.05, 0.1) is 13.0 Å². The van der Waals surface area contributed by atoms with Crippen molar-refractivity contribution in [3.8, 4) is 11.5 Å². The second kappa shape index (κ2) is 13.8. The molecule has 10 nitrogen and oxygen atoms in total. The highest BCUT2D eigenvalue weighted by Crippen LogP contribution is 2.39. The van der Waals surface area contributed by atoms with Crippen LogP contribution in [0.3, 0.4) is 0 Å². The first-order valence-electron chi connectivity index (χ1n) is 16.4. The molecule has 5 aromatic rings. The highest BCUT2D eigenvalue weighted by Gasteiger charge is 2.48. The van der Waals surface area contributed by atoms with Gasteiger partial charge in [-0.15, -0.1) is 0 Å². The predicted octanol–water partition coefficient (Wildman–Crippen LogP) is 6.81. The molecule has 49 heavy (non-hydrogen) atoms. The van der Waals surface area contributed by atoms with Crippen molar-refractivity contribution in [1.29, 1.82) is 0 Å². The van der Waals surface area contributed by atoms with Crippen LogP contribution < -0.4 is 9.47 Å². The summed E-state index contributed by atoms with van der Waals surface area (Å²) < 4.78 is 28.0. The van der Waals surface area contributed by atoms with E-state index in [0.717, 1.165) is 27.4 Å². The lowest BCUT2D eigenvalue weighted by Crippen LogP contribution is -2.49. The Morgan fingerprint density at radius 2 is 1.78 bits per heavy atom. The van der Waals surface area contributed by atoms with Crippen molar-refractivity contribution in [2.45, 2.75) is 51.3 Å². The average Bonchev–Trinajstić information content (AvgIpc) is 3.86. The van der Waals surface area contributed by atoms with E-state index in [1.54, 1.807) is 11.8 Å². The quantitative estimate of drug-likeness (QED) is 0.141. The van der Waals surface area contributed by atoms with Crippen LogP contribution in [0, 0.1) is 5.92 Å². The zero-order chi connectivity index (χ0) is 33.9. The summed E-state index contributed by atoms with van der Waals surface area (Å²) in [6.07, 6.45) is 2.78. The van der Waals surface area contributed by atoms with Gasteiger partial charge in [-0.3, -0.25) is 14.4 Å². The molecule has 7 rings (SSSR count). The minimum Gasteiger partial charge on any atom is -0.466 e. The predicted molar refractivity (Wildman–Crippen MR) is 182 cm³/mol. The first-order chi connectivity index (χ1) is 23.9. The highest BCUT2D eigenvalue weighted by atomic mass is 16.7. The molecule has 250 valence electrons. The summed E-state index contributed by atoms with van der Waals surface area (Å²) in [5.41, 5.74) is 3.26. The number of carbonyl (C=O) groups is 3. The van der Waals surface area contributed by atoms with E-state index in [2.05, 4.69) is 11.1 Å². The van der Waals surface area contributed by atoms with Crippen molar-refractivity contribution >= 4 is 45.8 Å². The molecular weight excluding hydrogens is 624 g/mol. The molecule has 10 heteroatoms. The smallest absolute Gasteiger partial charge is 0.313 e. The van der Waals surface area contributed by atoms with Gasteiger partial charge in [0.15, 0.2) is 23.2 Å². The Morgan fingerprint density at radius 1 is 0.980 bits per heavy atom. The molecule has 1 saturated heterocycles. The molecule has 4 atom stereocenters. The van der Waals surface area contributed by atoms with E-state index in [1.807, 2.05) is 97.9 Å². The molecule has 2 aliphatic rings. The second-order valence-corrected chi connectivity index (χ2v) is 12.2. The van der Waals surface area contributed by atoms with Gasteiger partial charge in [0, 0.05) is 18.5 Å². The Morgan fingerprint density at radius 3 is 2.61 bits per heavy atom. The number of benzene rings is 4. The van der Waals surface area contributed by atoms with Gasteiger partial charge in [0.2, 0.25) is 12.7 Å². The summed E-state index contributed by atoms with van der Waals surface area (Å²) in [5, 5.41) is 2.11. The number of carbonyl (C=O) groups excluding carboxylic acids is 3. The molecular formula is C39H36N2O8. The third-order valence-corrected chi connectivity index (χ3v) is 9.15. The fourth-order valence-electron chi connectivity index (χ4n) is 6.61. The summed E-state index contributed by atoms with van der Waals surface area (Å²) in [4.78, 5) is 46.3. The lowest BCUT2D eigenvalue weighted by Gasteiger charge is -2.37. The Balaban J connectivity index is 1.25. The SMILES string of the molecule is CCOC(=O)[C@H]1CC(=O)O[C@@H]1C(=O)N(Cc1ccc2ccccc2c1)[C@H](C)[C@H](C/C=C/c1nc2ccccc2o1)c1ccc2c(c1)OCO2. The van der Waals surface area contributed by atoms with Crippen molar-refractivity contribution in [1.82, 2.24) is 9.88 Å². The van der Waals surface area contributed by atoms with Crippen LogP contribution in [0.4, 0.5) is 0 Å². The maximum Gasteiger partial charge on any atom is 0.313 e. The van der Waals surface area contributed by atoms with Crippen molar-refractivity contribution in [3.63, 3.8) is 0 Å². The highest BCUT2D eigenvalue weighted by molar-refractivity contribution is 5.94. The lowest BCUT2D eigenvalue weighted by atomic mass is 9.87. The molecule has 0 saturated carbocycles. The molecule has 1 fully saturated rings. The topological polar surface area (TPSA) is 117 Å². The molecule has 0 unspecified atom stereocenters. The average molecular weight is 661 g/mol. The molecule has 4 aromatic carbocycles. The largest absolute Gasteiger partial charge is 0.466 e. The number of hydrogen-bond donors (Lipinski definition) is 0.